The van der Waals surface area contributed by atoms with Crippen LogP contribution in [0.2, 0.25) is 0 Å². The Morgan fingerprint density at radius 2 is 1.84 bits per heavy atom. The van der Waals surface area contributed by atoms with Gasteiger partial charge in [-0.3, -0.25) is 0 Å². The van der Waals surface area contributed by atoms with Crippen LogP contribution in [0.3, 0.4) is 0 Å². The summed E-state index contributed by atoms with van der Waals surface area (Å²) in [5.74, 6) is -1.99. The molecule has 132 valence electrons. The van der Waals surface area contributed by atoms with E-state index in [1.54, 1.807) is 34.3 Å². The molecule has 0 bridgehead atoms. The van der Waals surface area contributed by atoms with Gasteiger partial charge in [-0.2, -0.15) is 11.3 Å². The second kappa shape index (κ2) is 6.93. The van der Waals surface area contributed by atoms with Crippen LogP contribution < -0.4 is 4.72 Å². The lowest BCUT2D eigenvalue weighted by molar-refractivity contribution is 0.0903. The van der Waals surface area contributed by atoms with Crippen LogP contribution in [-0.2, 0) is 15.6 Å². The highest BCUT2D eigenvalue weighted by molar-refractivity contribution is 7.89. The first-order valence-corrected chi connectivity index (χ1v) is 10.4. The standard InChI is InChI=1S/C16H13F2NO3S3/c17-12-6-13(18)8-14(7-12)25(21,22)19-10-16(20,11-3-5-23-9-11)15-2-1-4-24-15/h1-9,19-20H,10H2. The van der Waals surface area contributed by atoms with Crippen molar-refractivity contribution < 1.29 is 22.3 Å². The average molecular weight is 401 g/mol. The zero-order chi connectivity index (χ0) is 18.1. The van der Waals surface area contributed by atoms with Crippen molar-refractivity contribution in [1.82, 2.24) is 4.72 Å². The van der Waals surface area contributed by atoms with Gasteiger partial charge in [0.1, 0.15) is 17.2 Å². The minimum Gasteiger partial charge on any atom is -0.378 e. The zero-order valence-electron chi connectivity index (χ0n) is 12.6. The molecule has 9 heteroatoms. The monoisotopic (exact) mass is 401 g/mol. The Hall–Kier alpha value is -1.65. The number of sulfonamides is 1. The van der Waals surface area contributed by atoms with Gasteiger partial charge < -0.3 is 5.11 Å². The van der Waals surface area contributed by atoms with Crippen molar-refractivity contribution in [2.75, 3.05) is 6.54 Å². The molecule has 0 fully saturated rings. The zero-order valence-corrected chi connectivity index (χ0v) is 15.1. The maximum Gasteiger partial charge on any atom is 0.240 e. The Morgan fingerprint density at radius 3 is 2.40 bits per heavy atom. The maximum absolute atomic E-state index is 13.3. The van der Waals surface area contributed by atoms with Crippen molar-refractivity contribution in [1.29, 1.82) is 0 Å². The van der Waals surface area contributed by atoms with Gasteiger partial charge in [-0.25, -0.2) is 21.9 Å². The molecule has 0 spiro atoms. The molecule has 4 nitrogen and oxygen atoms in total. The van der Waals surface area contributed by atoms with Gasteiger partial charge in [0.15, 0.2) is 0 Å². The van der Waals surface area contributed by atoms with Crippen molar-refractivity contribution in [3.05, 3.63) is 74.6 Å². The number of benzene rings is 1. The predicted molar refractivity (Wildman–Crippen MR) is 93.2 cm³/mol. The molecule has 3 rings (SSSR count). The Labute approximate surface area is 151 Å². The van der Waals surface area contributed by atoms with E-state index < -0.39 is 32.2 Å². The third kappa shape index (κ3) is 3.80. The van der Waals surface area contributed by atoms with Crippen molar-refractivity contribution >= 4 is 32.7 Å². The number of rotatable bonds is 6. The lowest BCUT2D eigenvalue weighted by Gasteiger charge is -2.26. The van der Waals surface area contributed by atoms with Gasteiger partial charge in [-0.1, -0.05) is 6.07 Å². The molecule has 2 heterocycles. The van der Waals surface area contributed by atoms with Gasteiger partial charge >= 0.3 is 0 Å². The number of aliphatic hydroxyl groups is 1. The fourth-order valence-electron chi connectivity index (χ4n) is 2.31. The third-order valence-corrected chi connectivity index (χ3v) is 6.68. The average Bonchev–Trinajstić information content (AvgIpc) is 3.25. The van der Waals surface area contributed by atoms with Crippen LogP contribution in [0, 0.1) is 11.6 Å². The van der Waals surface area contributed by atoms with E-state index in [4.69, 9.17) is 0 Å². The van der Waals surface area contributed by atoms with Crippen LogP contribution in [0.5, 0.6) is 0 Å². The van der Waals surface area contributed by atoms with Gasteiger partial charge in [0.05, 0.1) is 4.90 Å². The smallest absolute Gasteiger partial charge is 0.240 e. The van der Waals surface area contributed by atoms with Crippen LogP contribution in [0.15, 0.2) is 57.4 Å². The first-order valence-electron chi connectivity index (χ1n) is 7.06. The second-order valence-corrected chi connectivity index (χ2v) is 8.77. The van der Waals surface area contributed by atoms with E-state index in [1.165, 1.54) is 22.7 Å². The van der Waals surface area contributed by atoms with Crippen LogP contribution in [-0.4, -0.2) is 20.1 Å². The summed E-state index contributed by atoms with van der Waals surface area (Å²) < 4.78 is 53.6. The SMILES string of the molecule is O=S(=O)(NCC(O)(c1ccsc1)c1cccs1)c1cc(F)cc(F)c1. The molecule has 0 aliphatic carbocycles. The van der Waals surface area contributed by atoms with Crippen molar-refractivity contribution in [2.24, 2.45) is 0 Å². The molecule has 0 amide bonds. The van der Waals surface area contributed by atoms with Crippen LogP contribution in [0.25, 0.3) is 0 Å². The number of thiophene rings is 2. The van der Waals surface area contributed by atoms with E-state index >= 15 is 0 Å². The van der Waals surface area contributed by atoms with Gasteiger partial charge in [0.2, 0.25) is 10.0 Å². The summed E-state index contributed by atoms with van der Waals surface area (Å²) >= 11 is 2.64. The summed E-state index contributed by atoms with van der Waals surface area (Å²) in [6.07, 6.45) is 0. The molecule has 0 saturated heterocycles. The van der Waals surface area contributed by atoms with Gasteiger partial charge in [0.25, 0.3) is 0 Å². The summed E-state index contributed by atoms with van der Waals surface area (Å²) in [5, 5.41) is 16.3. The highest BCUT2D eigenvalue weighted by Crippen LogP contribution is 2.34. The fourth-order valence-corrected chi connectivity index (χ4v) is 4.98. The minimum absolute atomic E-state index is 0.370. The van der Waals surface area contributed by atoms with Crippen LogP contribution in [0.1, 0.15) is 10.4 Å². The first-order chi connectivity index (χ1) is 11.8. The Bertz CT molecular complexity index is 900. The van der Waals surface area contributed by atoms with Crippen molar-refractivity contribution in [2.45, 2.75) is 10.5 Å². The van der Waals surface area contributed by atoms with Gasteiger partial charge in [0, 0.05) is 23.1 Å². The molecule has 0 saturated carbocycles. The summed E-state index contributed by atoms with van der Waals surface area (Å²) in [7, 11) is -4.20. The topological polar surface area (TPSA) is 66.4 Å². The van der Waals surface area contributed by atoms with Gasteiger partial charge in [-0.05, 0) is 40.4 Å². The molecule has 0 radical (unpaired) electrons. The lowest BCUT2D eigenvalue weighted by Crippen LogP contribution is -2.41. The molecule has 0 aliphatic rings. The predicted octanol–water partition coefficient (Wildman–Crippen LogP) is 3.30. The lowest BCUT2D eigenvalue weighted by atomic mass is 9.95. The van der Waals surface area contributed by atoms with Crippen molar-refractivity contribution in [3.63, 3.8) is 0 Å². The summed E-state index contributed by atoms with van der Waals surface area (Å²) in [6, 6.07) is 7.17. The maximum atomic E-state index is 13.3. The second-order valence-electron chi connectivity index (χ2n) is 5.28. The number of hydrogen-bond acceptors (Lipinski definition) is 5. The summed E-state index contributed by atoms with van der Waals surface area (Å²) in [6.45, 7) is -0.370. The molecule has 2 N–H and O–H groups in total. The third-order valence-electron chi connectivity index (χ3n) is 3.59. The molecule has 1 atom stereocenters. The molecular weight excluding hydrogens is 388 g/mol. The summed E-state index contributed by atoms with van der Waals surface area (Å²) in [5.41, 5.74) is -1.04. The van der Waals surface area contributed by atoms with Crippen LogP contribution >= 0.6 is 22.7 Å². The largest absolute Gasteiger partial charge is 0.378 e. The molecule has 0 aliphatic heterocycles. The normalized spacial score (nSPS) is 14.4. The van der Waals surface area contributed by atoms with Crippen LogP contribution in [0.4, 0.5) is 8.78 Å². The first kappa shape index (κ1) is 18.2. The van der Waals surface area contributed by atoms with E-state index in [0.29, 0.717) is 16.5 Å². The Morgan fingerprint density at radius 1 is 1.12 bits per heavy atom. The summed E-state index contributed by atoms with van der Waals surface area (Å²) in [4.78, 5) is 0.0165. The molecular formula is C16H13F2NO3S3. The van der Waals surface area contributed by atoms with E-state index in [-0.39, 0.29) is 6.54 Å². The minimum atomic E-state index is -4.20. The van der Waals surface area contributed by atoms with Crippen molar-refractivity contribution in [3.8, 4) is 0 Å². The highest BCUT2D eigenvalue weighted by Gasteiger charge is 2.35. The number of nitrogens with one attached hydrogen (secondary N) is 1. The molecule has 1 unspecified atom stereocenters. The Balaban J connectivity index is 1.91. The number of hydrogen-bond donors (Lipinski definition) is 2. The van der Waals surface area contributed by atoms with E-state index in [0.717, 1.165) is 12.1 Å². The van der Waals surface area contributed by atoms with E-state index in [1.807, 2.05) is 0 Å². The molecule has 2 aromatic heterocycles. The number of halogens is 2. The highest BCUT2D eigenvalue weighted by atomic mass is 32.2. The van der Waals surface area contributed by atoms with E-state index in [9.17, 15) is 22.3 Å². The Kier molecular flexibility index (Phi) is 5.03. The molecule has 1 aromatic carbocycles. The molecule has 3 aromatic rings. The fraction of sp³-hybridized carbons (Fsp3) is 0.125. The molecule has 25 heavy (non-hydrogen) atoms. The quantitative estimate of drug-likeness (QED) is 0.666. The van der Waals surface area contributed by atoms with E-state index in [2.05, 4.69) is 4.72 Å². The van der Waals surface area contributed by atoms with Gasteiger partial charge in [-0.15, -0.1) is 11.3 Å².